The molecule has 0 radical (unpaired) electrons. The number of anilines is 1. The number of benzene rings is 1. The van der Waals surface area contributed by atoms with Gasteiger partial charge in [-0.05, 0) is 18.2 Å². The number of hydrogen-bond acceptors (Lipinski definition) is 5. The zero-order chi connectivity index (χ0) is 16.3. The van der Waals surface area contributed by atoms with Gasteiger partial charge >= 0.3 is 0 Å². The summed E-state index contributed by atoms with van der Waals surface area (Å²) >= 11 is 5.50. The maximum absolute atomic E-state index is 13.6. The van der Waals surface area contributed by atoms with Crippen molar-refractivity contribution in [1.29, 1.82) is 5.26 Å². The van der Waals surface area contributed by atoms with Crippen LogP contribution >= 0.6 is 11.6 Å². The molecule has 1 aromatic heterocycles. The first-order chi connectivity index (χ1) is 10.3. The minimum absolute atomic E-state index is 0.0549. The van der Waals surface area contributed by atoms with E-state index in [0.717, 1.165) is 18.2 Å². The second-order valence-electron chi connectivity index (χ2n) is 4.21. The van der Waals surface area contributed by atoms with Gasteiger partial charge in [0.25, 0.3) is 0 Å². The van der Waals surface area contributed by atoms with Crippen molar-refractivity contribution in [3.05, 3.63) is 56.6 Å². The normalized spacial score (nSPS) is 11.0. The Bertz CT molecular complexity index is 921. The van der Waals surface area contributed by atoms with Crippen molar-refractivity contribution in [1.82, 2.24) is 10.2 Å². The summed E-state index contributed by atoms with van der Waals surface area (Å²) in [5.74, 6) is -2.01. The summed E-state index contributed by atoms with van der Waals surface area (Å²) in [6.45, 7) is 0. The summed E-state index contributed by atoms with van der Waals surface area (Å²) in [7, 11) is -4.10. The molecule has 2 rings (SSSR count). The lowest BCUT2D eigenvalue weighted by Gasteiger charge is -2.07. The first kappa shape index (κ1) is 15.9. The standard InChI is InChI=1S/C12H8ClFN4O3S/c13-11-4-10(19)12(17-16-11)18-22(20,21)6-8-3-7(5-15)1-2-9(8)14/h1-4H,6H2,(H,16,19)(H,17,18). The van der Waals surface area contributed by atoms with E-state index in [1.54, 1.807) is 6.07 Å². The molecule has 0 saturated heterocycles. The Morgan fingerprint density at radius 2 is 2.14 bits per heavy atom. The third kappa shape index (κ3) is 3.81. The van der Waals surface area contributed by atoms with Crippen LogP contribution in [-0.4, -0.2) is 18.6 Å². The topological polar surface area (TPSA) is 116 Å². The zero-order valence-corrected chi connectivity index (χ0v) is 12.4. The van der Waals surface area contributed by atoms with E-state index in [1.807, 2.05) is 4.72 Å². The fourth-order valence-corrected chi connectivity index (χ4v) is 2.88. The van der Waals surface area contributed by atoms with E-state index in [2.05, 4.69) is 10.2 Å². The molecule has 2 aromatic rings. The maximum Gasteiger partial charge on any atom is 0.238 e. The van der Waals surface area contributed by atoms with Gasteiger partial charge in [0.05, 0.1) is 17.4 Å². The fourth-order valence-electron chi connectivity index (χ4n) is 1.60. The minimum Gasteiger partial charge on any atom is -0.286 e. The lowest BCUT2D eigenvalue weighted by Crippen LogP contribution is -2.22. The van der Waals surface area contributed by atoms with E-state index in [4.69, 9.17) is 16.9 Å². The number of nitrogens with one attached hydrogen (secondary N) is 2. The van der Waals surface area contributed by atoms with E-state index in [1.165, 1.54) is 6.07 Å². The maximum atomic E-state index is 13.6. The van der Waals surface area contributed by atoms with Crippen molar-refractivity contribution < 1.29 is 12.8 Å². The summed E-state index contributed by atoms with van der Waals surface area (Å²) in [5.41, 5.74) is -0.815. The van der Waals surface area contributed by atoms with Gasteiger partial charge in [0.1, 0.15) is 11.0 Å². The van der Waals surface area contributed by atoms with E-state index in [-0.39, 0.29) is 16.3 Å². The van der Waals surface area contributed by atoms with E-state index in [0.29, 0.717) is 0 Å². The zero-order valence-electron chi connectivity index (χ0n) is 10.8. The molecule has 0 aliphatic carbocycles. The summed E-state index contributed by atoms with van der Waals surface area (Å²) in [4.78, 5) is 11.5. The molecule has 7 nitrogen and oxygen atoms in total. The van der Waals surface area contributed by atoms with Crippen LogP contribution in [0, 0.1) is 17.1 Å². The van der Waals surface area contributed by atoms with Gasteiger partial charge in [0.2, 0.25) is 21.3 Å². The number of H-pyrrole nitrogens is 1. The number of nitrogens with zero attached hydrogens (tertiary/aromatic N) is 2. The molecular formula is C12H8ClFN4O3S. The fraction of sp³-hybridized carbons (Fsp3) is 0.0833. The third-order valence-electron chi connectivity index (χ3n) is 2.54. The second-order valence-corrected chi connectivity index (χ2v) is 6.34. The van der Waals surface area contributed by atoms with Crippen molar-refractivity contribution in [2.75, 3.05) is 4.72 Å². The molecule has 114 valence electrons. The molecule has 0 amide bonds. The molecule has 1 heterocycles. The van der Waals surface area contributed by atoms with Crippen molar-refractivity contribution in [3.8, 4) is 6.07 Å². The number of aromatic amines is 1. The summed E-state index contributed by atoms with van der Waals surface area (Å²) < 4.78 is 39.5. The summed E-state index contributed by atoms with van der Waals surface area (Å²) in [6, 6.07) is 6.07. The average Bonchev–Trinajstić information content (AvgIpc) is 2.44. The van der Waals surface area contributed by atoms with E-state index in [9.17, 15) is 17.6 Å². The molecule has 2 N–H and O–H groups in total. The molecule has 0 unspecified atom stereocenters. The molecule has 0 fully saturated rings. The Labute approximate surface area is 129 Å². The van der Waals surface area contributed by atoms with Crippen LogP contribution in [0.1, 0.15) is 11.1 Å². The highest BCUT2D eigenvalue weighted by atomic mass is 35.5. The van der Waals surface area contributed by atoms with Crippen LogP contribution in [0.15, 0.2) is 29.1 Å². The Kier molecular flexibility index (Phi) is 4.44. The highest BCUT2D eigenvalue weighted by molar-refractivity contribution is 7.91. The van der Waals surface area contributed by atoms with Gasteiger partial charge < -0.3 is 0 Å². The Hall–Kier alpha value is -2.44. The van der Waals surface area contributed by atoms with Gasteiger partial charge in [-0.1, -0.05) is 11.6 Å². The average molecular weight is 343 g/mol. The van der Waals surface area contributed by atoms with Crippen LogP contribution in [0.3, 0.4) is 0 Å². The number of nitriles is 1. The molecule has 0 aliphatic rings. The van der Waals surface area contributed by atoms with E-state index >= 15 is 0 Å². The predicted octanol–water partition coefficient (Wildman–Crippen LogP) is 1.38. The summed E-state index contributed by atoms with van der Waals surface area (Å²) in [5, 5.41) is 14.4. The van der Waals surface area contributed by atoms with E-state index < -0.39 is 32.8 Å². The molecule has 10 heteroatoms. The highest BCUT2D eigenvalue weighted by Gasteiger charge is 2.17. The predicted molar refractivity (Wildman–Crippen MR) is 77.2 cm³/mol. The van der Waals surface area contributed by atoms with Gasteiger partial charge in [-0.25, -0.2) is 12.8 Å². The number of aromatic nitrogens is 2. The second kappa shape index (κ2) is 6.13. The summed E-state index contributed by atoms with van der Waals surface area (Å²) in [6.07, 6.45) is 0. The SMILES string of the molecule is N#Cc1ccc(F)c(CS(=O)(=O)Nc2n[nH]c(Cl)cc2=O)c1. The first-order valence-corrected chi connectivity index (χ1v) is 7.78. The number of sulfonamides is 1. The Morgan fingerprint density at radius 3 is 2.77 bits per heavy atom. The monoisotopic (exact) mass is 342 g/mol. The molecule has 0 bridgehead atoms. The van der Waals surface area contributed by atoms with Crippen LogP contribution in [0.2, 0.25) is 5.15 Å². The molecule has 0 saturated carbocycles. The minimum atomic E-state index is -4.10. The van der Waals surface area contributed by atoms with Crippen molar-refractivity contribution in [3.63, 3.8) is 0 Å². The van der Waals surface area contributed by atoms with Gasteiger partial charge in [0.15, 0.2) is 0 Å². The largest absolute Gasteiger partial charge is 0.286 e. The lowest BCUT2D eigenvalue weighted by molar-refractivity contribution is 0.591. The molecular weight excluding hydrogens is 335 g/mol. The quantitative estimate of drug-likeness (QED) is 0.870. The lowest BCUT2D eigenvalue weighted by atomic mass is 10.1. The number of halogens is 2. The van der Waals surface area contributed by atoms with Crippen LogP contribution in [0.25, 0.3) is 0 Å². The van der Waals surface area contributed by atoms with Gasteiger partial charge in [0, 0.05) is 11.6 Å². The van der Waals surface area contributed by atoms with Crippen LogP contribution in [-0.2, 0) is 15.8 Å². The third-order valence-corrected chi connectivity index (χ3v) is 3.93. The van der Waals surface area contributed by atoms with Gasteiger partial charge in [-0.2, -0.15) is 10.4 Å². The van der Waals surface area contributed by atoms with Crippen LogP contribution in [0.4, 0.5) is 10.2 Å². The van der Waals surface area contributed by atoms with Crippen LogP contribution < -0.4 is 10.2 Å². The molecule has 22 heavy (non-hydrogen) atoms. The molecule has 0 atom stereocenters. The Morgan fingerprint density at radius 1 is 1.41 bits per heavy atom. The first-order valence-electron chi connectivity index (χ1n) is 5.75. The van der Waals surface area contributed by atoms with Gasteiger partial charge in [-0.3, -0.25) is 14.6 Å². The van der Waals surface area contributed by atoms with Crippen molar-refractivity contribution >= 4 is 27.4 Å². The highest BCUT2D eigenvalue weighted by Crippen LogP contribution is 2.14. The van der Waals surface area contributed by atoms with Crippen molar-refractivity contribution in [2.24, 2.45) is 0 Å². The Balaban J connectivity index is 2.29. The molecule has 1 aromatic carbocycles. The molecule has 0 spiro atoms. The number of rotatable bonds is 4. The van der Waals surface area contributed by atoms with Crippen molar-refractivity contribution in [2.45, 2.75) is 5.75 Å². The molecule has 0 aliphatic heterocycles. The number of hydrogen-bond donors (Lipinski definition) is 2. The van der Waals surface area contributed by atoms with Gasteiger partial charge in [-0.15, -0.1) is 0 Å². The smallest absolute Gasteiger partial charge is 0.238 e. The van der Waals surface area contributed by atoms with Crippen LogP contribution in [0.5, 0.6) is 0 Å².